The van der Waals surface area contributed by atoms with Gasteiger partial charge in [0.05, 0.1) is 0 Å². The maximum Gasteiger partial charge on any atom is -0.0104 e. The van der Waals surface area contributed by atoms with Crippen LogP contribution >= 0.6 is 0 Å². The average molecular weight is 425 g/mol. The van der Waals surface area contributed by atoms with Crippen molar-refractivity contribution in [3.63, 3.8) is 0 Å². The molecule has 0 aromatic rings. The van der Waals surface area contributed by atoms with Gasteiger partial charge in [0.1, 0.15) is 0 Å². The van der Waals surface area contributed by atoms with E-state index in [2.05, 4.69) is 74.1 Å². The molecule has 0 bridgehead atoms. The minimum Gasteiger partial charge on any atom is -0.0950 e. The normalized spacial score (nSPS) is 37.3. The molecule has 0 heteroatoms. The molecule has 3 fully saturated rings. The second-order valence-corrected chi connectivity index (χ2v) is 13.8. The Morgan fingerprint density at radius 1 is 1.13 bits per heavy atom. The van der Waals surface area contributed by atoms with Crippen molar-refractivity contribution in [2.75, 3.05) is 0 Å². The molecule has 176 valence electrons. The van der Waals surface area contributed by atoms with Gasteiger partial charge in [-0.15, -0.1) is 0 Å². The van der Waals surface area contributed by atoms with Gasteiger partial charge in [-0.1, -0.05) is 92.5 Å². The van der Waals surface area contributed by atoms with Crippen molar-refractivity contribution < 1.29 is 0 Å². The van der Waals surface area contributed by atoms with Crippen LogP contribution in [0.2, 0.25) is 0 Å². The second kappa shape index (κ2) is 9.23. The van der Waals surface area contributed by atoms with Crippen molar-refractivity contribution in [3.8, 4) is 0 Å². The third-order valence-corrected chi connectivity index (χ3v) is 9.44. The molecule has 0 saturated heterocycles. The zero-order valence-corrected chi connectivity index (χ0v) is 22.2. The van der Waals surface area contributed by atoms with E-state index in [0.717, 1.165) is 23.7 Å². The van der Waals surface area contributed by atoms with E-state index in [1.54, 1.807) is 5.57 Å². The predicted molar refractivity (Wildman–Crippen MR) is 138 cm³/mol. The van der Waals surface area contributed by atoms with Crippen LogP contribution in [-0.2, 0) is 0 Å². The van der Waals surface area contributed by atoms with Gasteiger partial charge >= 0.3 is 0 Å². The van der Waals surface area contributed by atoms with E-state index >= 15 is 0 Å². The predicted octanol–water partition coefficient (Wildman–Crippen LogP) is 9.92. The van der Waals surface area contributed by atoms with E-state index in [1.165, 1.54) is 75.4 Å². The molecule has 5 atom stereocenters. The molecule has 0 heterocycles. The van der Waals surface area contributed by atoms with Gasteiger partial charge in [0, 0.05) is 0 Å². The first-order chi connectivity index (χ1) is 14.3. The van der Waals surface area contributed by atoms with Gasteiger partial charge in [0.25, 0.3) is 0 Å². The monoisotopic (exact) mass is 424 g/mol. The molecular formula is C31H52. The topological polar surface area (TPSA) is 0 Å². The van der Waals surface area contributed by atoms with Crippen LogP contribution in [0.4, 0.5) is 0 Å². The van der Waals surface area contributed by atoms with Crippen molar-refractivity contribution >= 4 is 0 Å². The molecule has 0 amide bonds. The first kappa shape index (κ1) is 24.9. The van der Waals surface area contributed by atoms with Gasteiger partial charge in [-0.2, -0.15) is 0 Å². The molecule has 3 saturated carbocycles. The number of fused-ring (bicyclic) bond motifs is 1. The fourth-order valence-electron chi connectivity index (χ4n) is 7.75. The first-order valence-corrected chi connectivity index (χ1v) is 13.4. The lowest BCUT2D eigenvalue weighted by Crippen LogP contribution is -2.36. The maximum atomic E-state index is 4.51. The smallest absolute Gasteiger partial charge is 0.0104 e. The van der Waals surface area contributed by atoms with Gasteiger partial charge in [-0.3, -0.25) is 0 Å². The van der Waals surface area contributed by atoms with Crippen LogP contribution in [-0.4, -0.2) is 0 Å². The summed E-state index contributed by atoms with van der Waals surface area (Å²) in [6.45, 7) is 24.1. The molecule has 3 aliphatic rings. The fraction of sp³-hybridized carbons (Fsp3) is 0.806. The van der Waals surface area contributed by atoms with E-state index in [-0.39, 0.29) is 5.41 Å². The molecular weight excluding hydrogens is 372 g/mol. The summed E-state index contributed by atoms with van der Waals surface area (Å²) >= 11 is 0. The summed E-state index contributed by atoms with van der Waals surface area (Å²) in [6, 6.07) is 0. The molecule has 0 aliphatic heterocycles. The summed E-state index contributed by atoms with van der Waals surface area (Å²) in [6.07, 6.45) is 18.7. The Labute approximate surface area is 195 Å². The van der Waals surface area contributed by atoms with Crippen LogP contribution in [0, 0.1) is 39.9 Å². The van der Waals surface area contributed by atoms with Crippen molar-refractivity contribution in [1.82, 2.24) is 0 Å². The zero-order valence-electron chi connectivity index (χ0n) is 22.2. The first-order valence-electron chi connectivity index (χ1n) is 13.4. The van der Waals surface area contributed by atoms with Crippen LogP contribution in [0.15, 0.2) is 35.5 Å². The van der Waals surface area contributed by atoms with Crippen molar-refractivity contribution in [2.24, 2.45) is 39.9 Å². The van der Waals surface area contributed by atoms with Gasteiger partial charge in [-0.25, -0.2) is 0 Å². The Bertz CT molecular complexity index is 709. The second-order valence-electron chi connectivity index (χ2n) is 13.8. The Balaban J connectivity index is 1.72. The van der Waals surface area contributed by atoms with Crippen molar-refractivity contribution in [2.45, 2.75) is 120 Å². The highest BCUT2D eigenvalue weighted by molar-refractivity contribution is 5.39. The van der Waals surface area contributed by atoms with Gasteiger partial charge in [0.15, 0.2) is 0 Å². The van der Waals surface area contributed by atoms with E-state index in [1.807, 2.05) is 0 Å². The molecule has 0 aromatic carbocycles. The minimum absolute atomic E-state index is 0.254. The quantitative estimate of drug-likeness (QED) is 0.412. The van der Waals surface area contributed by atoms with E-state index in [4.69, 9.17) is 0 Å². The molecule has 0 radical (unpaired) electrons. The fourth-order valence-corrected chi connectivity index (χ4v) is 7.75. The summed E-state index contributed by atoms with van der Waals surface area (Å²) in [5.74, 6) is 3.37. The van der Waals surface area contributed by atoms with Gasteiger partial charge in [0.2, 0.25) is 0 Å². The van der Waals surface area contributed by atoms with E-state index in [0.29, 0.717) is 10.8 Å². The standard InChI is InChI=1S/C31H52/c1-22-20-26(24(3)30(7,8)21-22)15-14-25-13-11-19-31(9)27(16-17-28(25)31)23(2)12-10-18-29(4,5)6/h14-15,22-23,27-28H,3,10-13,16-21H2,1-2,4-9H3/b25-14+,26-15-/t22?,23-,27-,28+,31-/m1/s1. The SMILES string of the molecule is C=C1/C(=C\C=C2/CCC[C@]3(C)[C@@H]([C@H](C)CCCC(C)(C)C)CC[C@@H]23)CC(C)CC1(C)C. The number of allylic oxidation sites excluding steroid dienone is 5. The highest BCUT2D eigenvalue weighted by Crippen LogP contribution is 2.60. The van der Waals surface area contributed by atoms with Gasteiger partial charge < -0.3 is 0 Å². The molecule has 31 heavy (non-hydrogen) atoms. The van der Waals surface area contributed by atoms with Crippen LogP contribution in [0.25, 0.3) is 0 Å². The maximum absolute atomic E-state index is 4.51. The van der Waals surface area contributed by atoms with E-state index < -0.39 is 0 Å². The highest BCUT2D eigenvalue weighted by atomic mass is 14.5. The Morgan fingerprint density at radius 2 is 1.84 bits per heavy atom. The van der Waals surface area contributed by atoms with E-state index in [9.17, 15) is 0 Å². The molecule has 1 unspecified atom stereocenters. The van der Waals surface area contributed by atoms with Gasteiger partial charge in [-0.05, 0) is 102 Å². The largest absolute Gasteiger partial charge is 0.0950 e. The number of rotatable bonds is 5. The molecule has 0 N–H and O–H groups in total. The third kappa shape index (κ3) is 5.59. The van der Waals surface area contributed by atoms with Crippen LogP contribution < -0.4 is 0 Å². The molecule has 0 nitrogen and oxygen atoms in total. The highest BCUT2D eigenvalue weighted by Gasteiger charge is 2.50. The molecule has 0 aromatic heterocycles. The zero-order chi connectivity index (χ0) is 23.0. The van der Waals surface area contributed by atoms with Crippen molar-refractivity contribution in [3.05, 3.63) is 35.5 Å². The lowest BCUT2D eigenvalue weighted by Gasteiger charge is -2.44. The Morgan fingerprint density at radius 3 is 2.52 bits per heavy atom. The third-order valence-electron chi connectivity index (χ3n) is 9.44. The summed E-state index contributed by atoms with van der Waals surface area (Å²) in [4.78, 5) is 0. The van der Waals surface area contributed by atoms with Crippen molar-refractivity contribution in [1.29, 1.82) is 0 Å². The Kier molecular flexibility index (Phi) is 7.40. The molecule has 3 rings (SSSR count). The summed E-state index contributed by atoms with van der Waals surface area (Å²) in [7, 11) is 0. The lowest BCUT2D eigenvalue weighted by molar-refractivity contribution is 0.0920. The summed E-state index contributed by atoms with van der Waals surface area (Å²) in [5.41, 5.74) is 5.93. The Hall–Kier alpha value is -0.780. The van der Waals surface area contributed by atoms with Crippen LogP contribution in [0.1, 0.15) is 120 Å². The van der Waals surface area contributed by atoms with Crippen LogP contribution in [0.5, 0.6) is 0 Å². The molecule has 3 aliphatic carbocycles. The van der Waals surface area contributed by atoms with Crippen LogP contribution in [0.3, 0.4) is 0 Å². The lowest BCUT2D eigenvalue weighted by atomic mass is 9.60. The number of hydrogen-bond donors (Lipinski definition) is 0. The summed E-state index contributed by atoms with van der Waals surface area (Å²) in [5, 5.41) is 0. The average Bonchev–Trinajstić information content (AvgIpc) is 2.99. The minimum atomic E-state index is 0.254. The summed E-state index contributed by atoms with van der Waals surface area (Å²) < 4.78 is 0. The number of hydrogen-bond acceptors (Lipinski definition) is 0. The molecule has 0 spiro atoms.